The topological polar surface area (TPSA) is 55.1 Å². The second-order valence-electron chi connectivity index (χ2n) is 3.23. The zero-order valence-corrected chi connectivity index (χ0v) is 9.41. The number of anilines is 1. The maximum atomic E-state index is 11.5. The maximum absolute atomic E-state index is 11.5. The molecular weight excluding hydrogens is 196 g/mol. The number of thiophene rings is 1. The van der Waals surface area contributed by atoms with Crippen LogP contribution in [0.4, 0.5) is 5.69 Å². The Bertz CT molecular complexity index is 300. The van der Waals surface area contributed by atoms with Crippen LogP contribution in [0.5, 0.6) is 0 Å². The number of nitrogen functional groups attached to an aromatic ring is 1. The molecule has 1 heterocycles. The molecule has 0 bridgehead atoms. The number of nitrogens with one attached hydrogen (secondary N) is 1. The summed E-state index contributed by atoms with van der Waals surface area (Å²) in [5.41, 5.74) is 6.37. The molecule has 0 aromatic carbocycles. The normalized spacial score (nSPS) is 10.1. The van der Waals surface area contributed by atoms with Gasteiger partial charge in [0.25, 0.3) is 5.91 Å². The van der Waals surface area contributed by atoms with Gasteiger partial charge in [-0.2, -0.15) is 0 Å². The fourth-order valence-electron chi connectivity index (χ4n) is 1.07. The Labute approximate surface area is 88.3 Å². The van der Waals surface area contributed by atoms with Gasteiger partial charge >= 0.3 is 0 Å². The number of nitrogens with two attached hydrogens (primary N) is 1. The van der Waals surface area contributed by atoms with Gasteiger partial charge in [0, 0.05) is 17.1 Å². The molecule has 0 radical (unpaired) electrons. The maximum Gasteiger partial charge on any atom is 0.261 e. The second kappa shape index (κ2) is 5.00. The predicted molar refractivity (Wildman–Crippen MR) is 60.7 cm³/mol. The van der Waals surface area contributed by atoms with Crippen LogP contribution in [-0.2, 0) is 0 Å². The minimum atomic E-state index is -0.0109. The number of carbonyl (C=O) groups excluding carboxylic acids is 1. The van der Waals surface area contributed by atoms with Gasteiger partial charge < -0.3 is 11.1 Å². The Morgan fingerprint density at radius 2 is 2.36 bits per heavy atom. The SMILES string of the molecule is CCCCNC(=O)c1cc(N)c(C)s1. The summed E-state index contributed by atoms with van der Waals surface area (Å²) in [5.74, 6) is -0.0109. The van der Waals surface area contributed by atoms with Crippen molar-refractivity contribution in [3.05, 3.63) is 15.8 Å². The van der Waals surface area contributed by atoms with Crippen LogP contribution in [0.15, 0.2) is 6.07 Å². The summed E-state index contributed by atoms with van der Waals surface area (Å²) in [4.78, 5) is 13.2. The molecule has 1 aromatic heterocycles. The zero-order chi connectivity index (χ0) is 10.6. The Morgan fingerprint density at radius 3 is 2.86 bits per heavy atom. The van der Waals surface area contributed by atoms with Crippen LogP contribution in [0, 0.1) is 6.92 Å². The van der Waals surface area contributed by atoms with E-state index in [4.69, 9.17) is 5.73 Å². The summed E-state index contributed by atoms with van der Waals surface area (Å²) in [6, 6.07) is 1.74. The lowest BCUT2D eigenvalue weighted by atomic mass is 10.3. The van der Waals surface area contributed by atoms with Crippen molar-refractivity contribution in [1.82, 2.24) is 5.32 Å². The van der Waals surface area contributed by atoms with E-state index in [1.165, 1.54) is 11.3 Å². The fourth-order valence-corrected chi connectivity index (χ4v) is 1.93. The van der Waals surface area contributed by atoms with Crippen LogP contribution >= 0.6 is 11.3 Å². The summed E-state index contributed by atoms with van der Waals surface area (Å²) in [5, 5.41) is 2.86. The molecule has 1 aromatic rings. The predicted octanol–water partition coefficient (Wildman–Crippen LogP) is 2.17. The van der Waals surface area contributed by atoms with E-state index in [9.17, 15) is 4.79 Å². The molecule has 78 valence electrons. The van der Waals surface area contributed by atoms with E-state index in [0.717, 1.165) is 24.3 Å². The number of aryl methyl sites for hydroxylation is 1. The largest absolute Gasteiger partial charge is 0.398 e. The van der Waals surface area contributed by atoms with Gasteiger partial charge in [-0.1, -0.05) is 13.3 Å². The molecule has 0 aliphatic heterocycles. The summed E-state index contributed by atoms with van der Waals surface area (Å²) in [7, 11) is 0. The summed E-state index contributed by atoms with van der Waals surface area (Å²) in [6.45, 7) is 4.76. The molecule has 1 rings (SSSR count). The Balaban J connectivity index is 2.52. The highest BCUT2D eigenvalue weighted by Gasteiger charge is 2.09. The third-order valence-electron chi connectivity index (χ3n) is 2.00. The fraction of sp³-hybridized carbons (Fsp3) is 0.500. The summed E-state index contributed by atoms with van der Waals surface area (Å²) in [6.07, 6.45) is 2.11. The van der Waals surface area contributed by atoms with Crippen molar-refractivity contribution >= 4 is 22.9 Å². The Kier molecular flexibility index (Phi) is 3.95. The van der Waals surface area contributed by atoms with E-state index in [-0.39, 0.29) is 5.91 Å². The van der Waals surface area contributed by atoms with Gasteiger partial charge in [-0.05, 0) is 19.4 Å². The van der Waals surface area contributed by atoms with Crippen molar-refractivity contribution in [3.8, 4) is 0 Å². The van der Waals surface area contributed by atoms with Crippen molar-refractivity contribution in [2.75, 3.05) is 12.3 Å². The molecule has 4 heteroatoms. The van der Waals surface area contributed by atoms with Crippen molar-refractivity contribution < 1.29 is 4.79 Å². The lowest BCUT2D eigenvalue weighted by Crippen LogP contribution is -2.23. The third-order valence-corrected chi connectivity index (χ3v) is 3.06. The Hall–Kier alpha value is -1.03. The van der Waals surface area contributed by atoms with Crippen molar-refractivity contribution in [2.24, 2.45) is 0 Å². The van der Waals surface area contributed by atoms with Crippen LogP contribution in [-0.4, -0.2) is 12.5 Å². The van der Waals surface area contributed by atoms with Gasteiger partial charge in [-0.15, -0.1) is 11.3 Å². The first-order valence-electron chi connectivity index (χ1n) is 4.79. The van der Waals surface area contributed by atoms with Crippen LogP contribution in [0.25, 0.3) is 0 Å². The van der Waals surface area contributed by atoms with E-state index in [0.29, 0.717) is 10.6 Å². The summed E-state index contributed by atoms with van der Waals surface area (Å²) < 4.78 is 0. The average molecular weight is 212 g/mol. The van der Waals surface area contributed by atoms with Gasteiger partial charge in [0.05, 0.1) is 4.88 Å². The first-order chi connectivity index (χ1) is 6.65. The van der Waals surface area contributed by atoms with Gasteiger partial charge in [0.2, 0.25) is 0 Å². The monoisotopic (exact) mass is 212 g/mol. The molecule has 3 N–H and O–H groups in total. The van der Waals surface area contributed by atoms with Crippen LogP contribution in [0.2, 0.25) is 0 Å². The average Bonchev–Trinajstić information content (AvgIpc) is 2.47. The molecule has 0 saturated carbocycles. The molecule has 0 atom stereocenters. The lowest BCUT2D eigenvalue weighted by Gasteiger charge is -2.00. The van der Waals surface area contributed by atoms with Crippen LogP contribution < -0.4 is 11.1 Å². The van der Waals surface area contributed by atoms with Crippen molar-refractivity contribution in [2.45, 2.75) is 26.7 Å². The van der Waals surface area contributed by atoms with E-state index < -0.39 is 0 Å². The van der Waals surface area contributed by atoms with Gasteiger partial charge in [0.1, 0.15) is 0 Å². The quantitative estimate of drug-likeness (QED) is 0.751. The molecule has 14 heavy (non-hydrogen) atoms. The highest BCUT2D eigenvalue weighted by atomic mass is 32.1. The van der Waals surface area contributed by atoms with Gasteiger partial charge in [0.15, 0.2) is 0 Å². The molecule has 0 aliphatic rings. The standard InChI is InChI=1S/C10H16N2OS/c1-3-4-5-12-10(13)9-6-8(11)7(2)14-9/h6H,3-5,11H2,1-2H3,(H,12,13). The molecule has 3 nitrogen and oxygen atoms in total. The minimum Gasteiger partial charge on any atom is -0.398 e. The van der Waals surface area contributed by atoms with Gasteiger partial charge in [-0.3, -0.25) is 4.79 Å². The number of rotatable bonds is 4. The highest BCUT2D eigenvalue weighted by Crippen LogP contribution is 2.22. The lowest BCUT2D eigenvalue weighted by molar-refractivity contribution is 0.0957. The molecule has 0 spiro atoms. The molecule has 0 unspecified atom stereocenters. The smallest absolute Gasteiger partial charge is 0.261 e. The number of amides is 1. The molecule has 0 aliphatic carbocycles. The zero-order valence-electron chi connectivity index (χ0n) is 8.59. The molecule has 1 amide bonds. The highest BCUT2D eigenvalue weighted by molar-refractivity contribution is 7.14. The van der Waals surface area contributed by atoms with E-state index in [2.05, 4.69) is 12.2 Å². The van der Waals surface area contributed by atoms with Crippen LogP contribution in [0.3, 0.4) is 0 Å². The van der Waals surface area contributed by atoms with E-state index in [1.807, 2.05) is 6.92 Å². The second-order valence-corrected chi connectivity index (χ2v) is 4.49. The van der Waals surface area contributed by atoms with Crippen molar-refractivity contribution in [1.29, 1.82) is 0 Å². The number of hydrogen-bond donors (Lipinski definition) is 2. The number of hydrogen-bond acceptors (Lipinski definition) is 3. The van der Waals surface area contributed by atoms with E-state index >= 15 is 0 Å². The van der Waals surface area contributed by atoms with Gasteiger partial charge in [-0.25, -0.2) is 0 Å². The third kappa shape index (κ3) is 2.73. The summed E-state index contributed by atoms with van der Waals surface area (Å²) >= 11 is 1.44. The Morgan fingerprint density at radius 1 is 1.64 bits per heavy atom. The minimum absolute atomic E-state index is 0.0109. The number of unbranched alkanes of at least 4 members (excludes halogenated alkanes) is 1. The van der Waals surface area contributed by atoms with E-state index in [1.54, 1.807) is 6.07 Å². The van der Waals surface area contributed by atoms with Crippen LogP contribution in [0.1, 0.15) is 34.3 Å². The molecular formula is C10H16N2OS. The first kappa shape index (κ1) is 11.0. The first-order valence-corrected chi connectivity index (χ1v) is 5.61. The molecule has 0 saturated heterocycles. The number of carbonyl (C=O) groups is 1. The molecule has 0 fully saturated rings. The van der Waals surface area contributed by atoms with Crippen molar-refractivity contribution in [3.63, 3.8) is 0 Å².